The van der Waals surface area contributed by atoms with Gasteiger partial charge in [0.1, 0.15) is 47.8 Å². The minimum atomic E-state index is -4.17. The Kier molecular flexibility index (Phi) is 22.4. The summed E-state index contributed by atoms with van der Waals surface area (Å²) in [6.07, 6.45) is 8.52. The van der Waals surface area contributed by atoms with E-state index in [-0.39, 0.29) is 34.5 Å². The molecule has 2 aromatic heterocycles. The molecule has 0 spiro atoms. The van der Waals surface area contributed by atoms with Crippen LogP contribution >= 0.6 is 0 Å². The Hall–Kier alpha value is -5.92. The number of halogens is 6. The molecule has 0 amide bonds. The van der Waals surface area contributed by atoms with Crippen LogP contribution in [0.4, 0.5) is 26.3 Å². The van der Waals surface area contributed by atoms with Gasteiger partial charge in [0.2, 0.25) is 12.7 Å². The molecule has 4 aromatic carbocycles. The summed E-state index contributed by atoms with van der Waals surface area (Å²) >= 11 is 0. The van der Waals surface area contributed by atoms with Gasteiger partial charge in [0.25, 0.3) is 0 Å². The molecule has 0 unspecified atom stereocenters. The zero-order valence-electron chi connectivity index (χ0n) is 54.3. The van der Waals surface area contributed by atoms with Crippen molar-refractivity contribution >= 4 is 0 Å². The average Bonchev–Trinajstić information content (AvgIpc) is 1.48. The summed E-state index contributed by atoms with van der Waals surface area (Å²) in [6, 6.07) is 18.9. The number of aryl methyl sites for hydroxylation is 4. The maximum Gasteiger partial charge on any atom is 0.389 e. The average molecular weight is 1200 g/mol. The van der Waals surface area contributed by atoms with Crippen LogP contribution in [0.2, 0.25) is 0 Å². The van der Waals surface area contributed by atoms with Crippen LogP contribution in [0.15, 0.2) is 86.0 Å². The van der Waals surface area contributed by atoms with E-state index in [0.29, 0.717) is 78.3 Å². The molecule has 0 saturated carbocycles. The van der Waals surface area contributed by atoms with E-state index in [2.05, 4.69) is 145 Å². The molecule has 8 bridgehead atoms. The van der Waals surface area contributed by atoms with Crippen LogP contribution in [-0.4, -0.2) is 47.9 Å². The highest BCUT2D eigenvalue weighted by Gasteiger charge is 2.31. The summed E-state index contributed by atoms with van der Waals surface area (Å²) < 4.78 is 114. The van der Waals surface area contributed by atoms with E-state index in [1.54, 1.807) is 0 Å². The van der Waals surface area contributed by atoms with Crippen LogP contribution in [0.5, 0.6) is 23.0 Å². The summed E-state index contributed by atoms with van der Waals surface area (Å²) in [4.78, 5) is 0. The minimum absolute atomic E-state index is 0.0415. The molecule has 0 N–H and O–H groups in total. The summed E-state index contributed by atoms with van der Waals surface area (Å²) in [6.45, 7) is 35.6. The monoisotopic (exact) mass is 1200 g/mol. The SMILES string of the molecule is CCCOc1c2cc(C(C)(C)C)cc1Cc1cc(C(C)(C)C)cc(c1OCCCCn1cc[n+](CCCC(F)(F)F)c1)Cc1cc(C(C)(C)C)cc(c1OCCC)Cc1cc(C(C)(C)C)cc(c1OCCCCn1cc[n+](CCCC(F)(F)F)c1)C2. The highest BCUT2D eigenvalue weighted by molar-refractivity contribution is 5.60. The topological polar surface area (TPSA) is 54.5 Å². The maximum atomic E-state index is 12.9. The molecule has 2 heterocycles. The summed E-state index contributed by atoms with van der Waals surface area (Å²) in [7, 11) is 0. The minimum Gasteiger partial charge on any atom is -0.493 e. The Morgan fingerprint density at radius 2 is 0.628 bits per heavy atom. The molecular weight excluding hydrogens is 1100 g/mol. The second-order valence-electron chi connectivity index (χ2n) is 28.2. The van der Waals surface area contributed by atoms with Gasteiger partial charge in [-0.25, -0.2) is 18.3 Å². The number of hydrogen-bond acceptors (Lipinski definition) is 4. The van der Waals surface area contributed by atoms with Crippen molar-refractivity contribution in [1.82, 2.24) is 9.13 Å². The largest absolute Gasteiger partial charge is 0.493 e. The van der Waals surface area contributed by atoms with Crippen LogP contribution in [0, 0.1) is 0 Å². The van der Waals surface area contributed by atoms with Crippen LogP contribution in [-0.2, 0) is 73.5 Å². The van der Waals surface area contributed by atoms with E-state index in [0.717, 1.165) is 106 Å². The van der Waals surface area contributed by atoms with Gasteiger partial charge in [0.15, 0.2) is 0 Å². The van der Waals surface area contributed by atoms with Crippen molar-refractivity contribution in [1.29, 1.82) is 0 Å². The first-order valence-corrected chi connectivity index (χ1v) is 31.7. The Labute approximate surface area is 510 Å². The second kappa shape index (κ2) is 28.5. The number of imidazole rings is 2. The van der Waals surface area contributed by atoms with Crippen molar-refractivity contribution in [3.8, 4) is 23.0 Å². The predicted octanol–water partition coefficient (Wildman–Crippen LogP) is 17.7. The quantitative estimate of drug-likeness (QED) is 0.0344. The molecule has 7 rings (SSSR count). The molecule has 86 heavy (non-hydrogen) atoms. The summed E-state index contributed by atoms with van der Waals surface area (Å²) in [5, 5.41) is 0. The van der Waals surface area contributed by atoms with E-state index in [1.165, 1.54) is 22.3 Å². The van der Waals surface area contributed by atoms with Crippen molar-refractivity contribution in [2.75, 3.05) is 26.4 Å². The second-order valence-corrected chi connectivity index (χ2v) is 28.2. The molecule has 8 nitrogen and oxygen atoms in total. The van der Waals surface area contributed by atoms with Gasteiger partial charge in [-0.15, -0.1) is 0 Å². The van der Waals surface area contributed by atoms with E-state index in [9.17, 15) is 26.3 Å². The number of hydrogen-bond donors (Lipinski definition) is 0. The van der Waals surface area contributed by atoms with Gasteiger partial charge >= 0.3 is 12.4 Å². The van der Waals surface area contributed by atoms with E-state index < -0.39 is 25.2 Å². The lowest BCUT2D eigenvalue weighted by Gasteiger charge is -2.29. The molecular formula is C72H100F6N4O4+2. The Morgan fingerprint density at radius 1 is 0.372 bits per heavy atom. The summed E-state index contributed by atoms with van der Waals surface area (Å²) in [5.41, 5.74) is 12.7. The third-order valence-corrected chi connectivity index (χ3v) is 16.2. The van der Waals surface area contributed by atoms with Gasteiger partial charge in [-0.05, 0) is 140 Å². The van der Waals surface area contributed by atoms with Crippen molar-refractivity contribution < 1.29 is 54.4 Å². The standard InChI is InChI=1S/C72H100F6N4O4/c1-15-33-83-63-51-37-55-45-61(69(9,10)11)47-57(65(55)85-35-19-17-25-79-29-31-81(49-79)27-21-23-71(73,74)75)39-53-43-60(68(6,7)8)44-54(64(53)84-34-16-2)40-58-48-62(70(12,13)14)46-56(38-52(63)42-59(41-51)67(3,4)5)66(58)86-36-20-18-26-80-30-32-82(50-80)28-22-24-72(76,77)78/h29-32,41-50H,15-28,33-40H2,1-14H3/q+2. The molecule has 0 fully saturated rings. The number of rotatable bonds is 24. The van der Waals surface area contributed by atoms with Crippen LogP contribution in [0.25, 0.3) is 0 Å². The highest BCUT2D eigenvalue weighted by atomic mass is 19.4. The number of aromatic nitrogens is 4. The van der Waals surface area contributed by atoms with Crippen molar-refractivity contribution in [3.63, 3.8) is 0 Å². The molecule has 0 saturated heterocycles. The number of ether oxygens (including phenoxy) is 4. The number of unbranched alkanes of at least 4 members (excludes halogenated alkanes) is 2. The van der Waals surface area contributed by atoms with Gasteiger partial charge in [-0.2, -0.15) is 26.3 Å². The molecule has 6 aromatic rings. The first-order chi connectivity index (χ1) is 40.3. The lowest BCUT2D eigenvalue weighted by Crippen LogP contribution is -2.31. The van der Waals surface area contributed by atoms with Crippen molar-refractivity contribution in [3.05, 3.63) is 153 Å². The first kappa shape index (κ1) is 67.6. The first-order valence-electron chi connectivity index (χ1n) is 31.7. The molecule has 0 radical (unpaired) electrons. The summed E-state index contributed by atoms with van der Waals surface area (Å²) in [5.74, 6) is 3.51. The van der Waals surface area contributed by atoms with Gasteiger partial charge in [0, 0.05) is 38.5 Å². The third kappa shape index (κ3) is 19.5. The van der Waals surface area contributed by atoms with Crippen molar-refractivity contribution in [2.45, 2.75) is 247 Å². The molecule has 1 aliphatic rings. The Balaban J connectivity index is 1.37. The van der Waals surface area contributed by atoms with Gasteiger partial charge in [-0.1, -0.05) is 145 Å². The zero-order valence-corrected chi connectivity index (χ0v) is 54.3. The number of benzene rings is 4. The van der Waals surface area contributed by atoms with Crippen LogP contribution in [0.3, 0.4) is 0 Å². The fraction of sp³-hybridized carbons (Fsp3) is 0.583. The van der Waals surface area contributed by atoms with E-state index in [1.807, 2.05) is 55.7 Å². The predicted molar refractivity (Wildman–Crippen MR) is 333 cm³/mol. The van der Waals surface area contributed by atoms with Crippen LogP contribution < -0.4 is 28.1 Å². The number of alkyl halides is 6. The molecule has 0 atom stereocenters. The Bertz CT molecular complexity index is 2870. The normalized spacial score (nSPS) is 13.5. The van der Waals surface area contributed by atoms with Gasteiger partial charge in [0.05, 0.1) is 52.6 Å². The highest BCUT2D eigenvalue weighted by Crippen LogP contribution is 2.45. The lowest BCUT2D eigenvalue weighted by molar-refractivity contribution is -0.697. The van der Waals surface area contributed by atoms with E-state index in [4.69, 9.17) is 18.9 Å². The fourth-order valence-electron chi connectivity index (χ4n) is 11.2. The van der Waals surface area contributed by atoms with Gasteiger partial charge in [-0.3, -0.25) is 0 Å². The maximum absolute atomic E-state index is 12.9. The van der Waals surface area contributed by atoms with Gasteiger partial charge < -0.3 is 18.9 Å². The molecule has 472 valence electrons. The fourth-order valence-corrected chi connectivity index (χ4v) is 11.2. The molecule has 0 aliphatic heterocycles. The number of nitrogens with zero attached hydrogens (tertiary/aromatic N) is 4. The van der Waals surface area contributed by atoms with Crippen LogP contribution in [0.1, 0.15) is 228 Å². The van der Waals surface area contributed by atoms with E-state index >= 15 is 0 Å². The number of fused-ring (bicyclic) bond motifs is 8. The molecule has 14 heteroatoms. The zero-order chi connectivity index (χ0) is 62.8. The lowest BCUT2D eigenvalue weighted by atomic mass is 9.79. The van der Waals surface area contributed by atoms with Crippen molar-refractivity contribution in [2.24, 2.45) is 0 Å². The third-order valence-electron chi connectivity index (χ3n) is 16.2. The Morgan fingerprint density at radius 3 is 0.860 bits per heavy atom. The molecule has 1 aliphatic carbocycles. The smallest absolute Gasteiger partial charge is 0.389 e.